The molecule has 1 aliphatic rings. The van der Waals surface area contributed by atoms with E-state index in [1.165, 1.54) is 12.1 Å². The molecule has 1 aliphatic heterocycles. The molecule has 0 saturated carbocycles. The van der Waals surface area contributed by atoms with Crippen molar-refractivity contribution in [2.24, 2.45) is 0 Å². The zero-order valence-electron chi connectivity index (χ0n) is 11.2. The molecular formula is C14H20N2O3. The first-order valence-corrected chi connectivity index (χ1v) is 6.82. The lowest BCUT2D eigenvalue weighted by Gasteiger charge is -2.32. The molecule has 19 heavy (non-hydrogen) atoms. The van der Waals surface area contributed by atoms with Gasteiger partial charge >= 0.3 is 0 Å². The number of non-ortho nitro benzene ring substituents is 1. The molecule has 0 aromatic heterocycles. The Kier molecular flexibility index (Phi) is 4.74. The van der Waals surface area contributed by atoms with Crippen LogP contribution in [0.25, 0.3) is 0 Å². The number of nitro benzene ring substituents is 1. The van der Waals surface area contributed by atoms with Gasteiger partial charge in [0.2, 0.25) is 0 Å². The third-order valence-electron chi connectivity index (χ3n) is 3.35. The number of likely N-dealkylation sites (tertiary alicyclic amines) is 1. The molecule has 1 atom stereocenters. The van der Waals surface area contributed by atoms with Crippen molar-refractivity contribution in [1.82, 2.24) is 4.90 Å². The van der Waals surface area contributed by atoms with Gasteiger partial charge in [0.1, 0.15) is 11.9 Å². The van der Waals surface area contributed by atoms with Crippen molar-refractivity contribution in [2.45, 2.75) is 32.3 Å². The Morgan fingerprint density at radius 1 is 1.42 bits per heavy atom. The largest absolute Gasteiger partial charge is 0.489 e. The number of hydrogen-bond acceptors (Lipinski definition) is 4. The fourth-order valence-electron chi connectivity index (χ4n) is 2.47. The molecule has 1 fully saturated rings. The molecule has 0 N–H and O–H groups in total. The van der Waals surface area contributed by atoms with Crippen LogP contribution in [0.3, 0.4) is 0 Å². The van der Waals surface area contributed by atoms with E-state index < -0.39 is 4.92 Å². The van der Waals surface area contributed by atoms with E-state index in [2.05, 4.69) is 11.8 Å². The molecule has 0 radical (unpaired) electrons. The van der Waals surface area contributed by atoms with Crippen molar-refractivity contribution in [3.63, 3.8) is 0 Å². The Morgan fingerprint density at radius 3 is 2.79 bits per heavy atom. The molecule has 0 spiro atoms. The lowest BCUT2D eigenvalue weighted by molar-refractivity contribution is -0.384. The zero-order valence-corrected chi connectivity index (χ0v) is 11.2. The van der Waals surface area contributed by atoms with Crippen LogP contribution in [-0.2, 0) is 0 Å². The normalized spacial score (nSPS) is 20.2. The summed E-state index contributed by atoms with van der Waals surface area (Å²) in [4.78, 5) is 12.6. The van der Waals surface area contributed by atoms with Gasteiger partial charge in [0, 0.05) is 18.7 Å². The molecule has 0 bridgehead atoms. The summed E-state index contributed by atoms with van der Waals surface area (Å²) in [6.07, 6.45) is 3.56. The Hall–Kier alpha value is -1.62. The molecule has 5 heteroatoms. The summed E-state index contributed by atoms with van der Waals surface area (Å²) in [5, 5.41) is 10.6. The predicted molar refractivity (Wildman–Crippen MR) is 73.5 cm³/mol. The summed E-state index contributed by atoms with van der Waals surface area (Å²) in [6, 6.07) is 6.33. The van der Waals surface area contributed by atoms with Crippen LogP contribution in [0.15, 0.2) is 24.3 Å². The molecule has 1 aromatic rings. The highest BCUT2D eigenvalue weighted by atomic mass is 16.6. The Balaban J connectivity index is 1.91. The minimum atomic E-state index is -0.395. The number of nitro groups is 1. The zero-order chi connectivity index (χ0) is 13.7. The van der Waals surface area contributed by atoms with Crippen LogP contribution in [0, 0.1) is 10.1 Å². The summed E-state index contributed by atoms with van der Waals surface area (Å²) in [5.41, 5.74) is 0.101. The maximum atomic E-state index is 10.6. The second-order valence-corrected chi connectivity index (χ2v) is 4.93. The average Bonchev–Trinajstić information content (AvgIpc) is 2.40. The van der Waals surface area contributed by atoms with Crippen LogP contribution in [0.5, 0.6) is 5.75 Å². The van der Waals surface area contributed by atoms with Gasteiger partial charge in [-0.3, -0.25) is 15.0 Å². The summed E-state index contributed by atoms with van der Waals surface area (Å²) < 4.78 is 5.90. The molecular weight excluding hydrogens is 244 g/mol. The van der Waals surface area contributed by atoms with Crippen molar-refractivity contribution >= 4 is 5.69 Å². The van der Waals surface area contributed by atoms with Crippen LogP contribution < -0.4 is 4.74 Å². The van der Waals surface area contributed by atoms with E-state index in [1.807, 2.05) is 0 Å². The lowest BCUT2D eigenvalue weighted by Crippen LogP contribution is -2.41. The van der Waals surface area contributed by atoms with E-state index in [9.17, 15) is 10.1 Å². The lowest BCUT2D eigenvalue weighted by atomic mass is 10.1. The van der Waals surface area contributed by atoms with E-state index in [4.69, 9.17) is 4.74 Å². The quantitative estimate of drug-likeness (QED) is 0.606. The Bertz CT molecular complexity index is 417. The minimum absolute atomic E-state index is 0.101. The molecule has 104 valence electrons. The van der Waals surface area contributed by atoms with Gasteiger partial charge in [-0.2, -0.15) is 0 Å². The van der Waals surface area contributed by atoms with Gasteiger partial charge in [-0.05, 0) is 44.5 Å². The number of rotatable bonds is 5. The highest BCUT2D eigenvalue weighted by Gasteiger charge is 2.20. The van der Waals surface area contributed by atoms with Crippen LogP contribution in [0.2, 0.25) is 0 Å². The number of benzene rings is 1. The standard InChI is InChI=1S/C14H20N2O3/c1-2-9-15-10-3-4-14(11-15)19-13-7-5-12(6-8-13)16(17)18/h5-8,14H,2-4,9-11H2,1H3. The first-order chi connectivity index (χ1) is 9.19. The first kappa shape index (κ1) is 13.8. The van der Waals surface area contributed by atoms with Gasteiger partial charge in [-0.15, -0.1) is 0 Å². The van der Waals surface area contributed by atoms with E-state index in [0.29, 0.717) is 5.75 Å². The summed E-state index contributed by atoms with van der Waals surface area (Å²) >= 11 is 0. The SMILES string of the molecule is CCCN1CCCC(Oc2ccc([N+](=O)[O-])cc2)C1. The third-order valence-corrected chi connectivity index (χ3v) is 3.35. The predicted octanol–water partition coefficient (Wildman–Crippen LogP) is 2.85. The van der Waals surface area contributed by atoms with Crippen LogP contribution in [-0.4, -0.2) is 35.6 Å². The van der Waals surface area contributed by atoms with Gasteiger partial charge < -0.3 is 4.74 Å². The number of nitrogens with zero attached hydrogens (tertiary/aromatic N) is 2. The molecule has 2 rings (SSSR count). The summed E-state index contributed by atoms with van der Waals surface area (Å²) in [6.45, 7) is 5.39. The molecule has 1 heterocycles. The minimum Gasteiger partial charge on any atom is -0.489 e. The van der Waals surface area contributed by atoms with E-state index in [1.54, 1.807) is 12.1 Å². The summed E-state index contributed by atoms with van der Waals surface area (Å²) in [5.74, 6) is 0.717. The molecule has 5 nitrogen and oxygen atoms in total. The van der Waals surface area contributed by atoms with Crippen molar-refractivity contribution in [3.05, 3.63) is 34.4 Å². The van der Waals surface area contributed by atoms with E-state index in [-0.39, 0.29) is 11.8 Å². The van der Waals surface area contributed by atoms with Gasteiger partial charge in [0.15, 0.2) is 0 Å². The molecule has 0 aliphatic carbocycles. The van der Waals surface area contributed by atoms with Gasteiger partial charge in [-0.1, -0.05) is 6.92 Å². The maximum Gasteiger partial charge on any atom is 0.269 e. The average molecular weight is 264 g/mol. The van der Waals surface area contributed by atoms with Crippen LogP contribution in [0.1, 0.15) is 26.2 Å². The fourth-order valence-corrected chi connectivity index (χ4v) is 2.47. The number of hydrogen-bond donors (Lipinski definition) is 0. The topological polar surface area (TPSA) is 55.6 Å². The number of piperidine rings is 1. The molecule has 1 saturated heterocycles. The maximum absolute atomic E-state index is 10.6. The molecule has 0 amide bonds. The smallest absolute Gasteiger partial charge is 0.269 e. The Morgan fingerprint density at radius 2 is 2.16 bits per heavy atom. The second-order valence-electron chi connectivity index (χ2n) is 4.93. The van der Waals surface area contributed by atoms with Gasteiger partial charge in [0.05, 0.1) is 4.92 Å². The van der Waals surface area contributed by atoms with Gasteiger partial charge in [0.25, 0.3) is 5.69 Å². The van der Waals surface area contributed by atoms with Crippen LogP contribution in [0.4, 0.5) is 5.69 Å². The van der Waals surface area contributed by atoms with Crippen LogP contribution >= 0.6 is 0 Å². The highest BCUT2D eigenvalue weighted by Crippen LogP contribution is 2.21. The first-order valence-electron chi connectivity index (χ1n) is 6.82. The molecule has 1 aromatic carbocycles. The highest BCUT2D eigenvalue weighted by molar-refractivity contribution is 5.36. The number of ether oxygens (including phenoxy) is 1. The fraction of sp³-hybridized carbons (Fsp3) is 0.571. The van der Waals surface area contributed by atoms with Crippen molar-refractivity contribution in [1.29, 1.82) is 0 Å². The molecule has 1 unspecified atom stereocenters. The summed E-state index contributed by atoms with van der Waals surface area (Å²) in [7, 11) is 0. The van der Waals surface area contributed by atoms with E-state index >= 15 is 0 Å². The van der Waals surface area contributed by atoms with Crippen molar-refractivity contribution < 1.29 is 9.66 Å². The van der Waals surface area contributed by atoms with Crippen molar-refractivity contribution in [3.8, 4) is 5.75 Å². The van der Waals surface area contributed by atoms with Crippen molar-refractivity contribution in [2.75, 3.05) is 19.6 Å². The third kappa shape index (κ3) is 3.92. The second kappa shape index (κ2) is 6.52. The Labute approximate surface area is 113 Å². The van der Waals surface area contributed by atoms with Gasteiger partial charge in [-0.25, -0.2) is 0 Å². The van der Waals surface area contributed by atoms with E-state index in [0.717, 1.165) is 38.9 Å². The monoisotopic (exact) mass is 264 g/mol.